The summed E-state index contributed by atoms with van der Waals surface area (Å²) in [5, 5.41) is 6.83. The van der Waals surface area contributed by atoms with E-state index in [9.17, 15) is 0 Å². The Labute approximate surface area is 116 Å². The SMILES string of the molecule is CCC(CC)(CNC1=NCCCN1)c1ccccc1. The molecule has 1 aromatic rings. The normalized spacial score (nSPS) is 15.6. The molecule has 1 aliphatic heterocycles. The molecule has 0 fully saturated rings. The van der Waals surface area contributed by atoms with E-state index in [1.807, 2.05) is 0 Å². The number of nitrogens with one attached hydrogen (secondary N) is 2. The van der Waals surface area contributed by atoms with Crippen molar-refractivity contribution in [1.29, 1.82) is 0 Å². The first-order valence-electron chi connectivity index (χ1n) is 7.38. The van der Waals surface area contributed by atoms with Crippen molar-refractivity contribution < 1.29 is 0 Å². The molecule has 2 rings (SSSR count). The average Bonchev–Trinajstić information content (AvgIpc) is 2.51. The van der Waals surface area contributed by atoms with Crippen molar-refractivity contribution in [3.63, 3.8) is 0 Å². The minimum atomic E-state index is 0.197. The molecule has 104 valence electrons. The lowest BCUT2D eigenvalue weighted by Gasteiger charge is -2.33. The van der Waals surface area contributed by atoms with Crippen molar-refractivity contribution in [2.45, 2.75) is 38.5 Å². The Balaban J connectivity index is 2.09. The van der Waals surface area contributed by atoms with Gasteiger partial charge in [-0.15, -0.1) is 0 Å². The van der Waals surface area contributed by atoms with Crippen molar-refractivity contribution in [1.82, 2.24) is 10.6 Å². The highest BCUT2D eigenvalue weighted by Gasteiger charge is 2.28. The molecule has 0 radical (unpaired) electrons. The maximum absolute atomic E-state index is 4.49. The highest BCUT2D eigenvalue weighted by molar-refractivity contribution is 5.80. The van der Waals surface area contributed by atoms with Crippen molar-refractivity contribution in [3.05, 3.63) is 35.9 Å². The maximum atomic E-state index is 4.49. The zero-order valence-electron chi connectivity index (χ0n) is 12.1. The second kappa shape index (κ2) is 6.60. The van der Waals surface area contributed by atoms with Gasteiger partial charge in [0.2, 0.25) is 0 Å². The lowest BCUT2D eigenvalue weighted by molar-refractivity contribution is 0.389. The van der Waals surface area contributed by atoms with Gasteiger partial charge >= 0.3 is 0 Å². The fourth-order valence-electron chi connectivity index (χ4n) is 2.71. The molecular formula is C16H25N3. The third kappa shape index (κ3) is 3.28. The van der Waals surface area contributed by atoms with Gasteiger partial charge in [0.15, 0.2) is 5.96 Å². The standard InChI is InChI=1S/C16H25N3/c1-3-16(4-2,14-9-6-5-7-10-14)13-19-15-17-11-8-12-18-15/h5-7,9-10H,3-4,8,11-13H2,1-2H3,(H2,17,18,19). The van der Waals surface area contributed by atoms with E-state index in [0.717, 1.165) is 44.9 Å². The first-order valence-corrected chi connectivity index (χ1v) is 7.38. The molecule has 3 heteroatoms. The topological polar surface area (TPSA) is 36.4 Å². The molecular weight excluding hydrogens is 234 g/mol. The van der Waals surface area contributed by atoms with Crippen LogP contribution in [-0.2, 0) is 5.41 Å². The molecule has 0 saturated heterocycles. The molecule has 0 aliphatic carbocycles. The van der Waals surface area contributed by atoms with E-state index in [0.29, 0.717) is 0 Å². The molecule has 0 spiro atoms. The number of aliphatic imine (C=N–C) groups is 1. The van der Waals surface area contributed by atoms with E-state index < -0.39 is 0 Å². The molecule has 1 aliphatic rings. The van der Waals surface area contributed by atoms with Crippen molar-refractivity contribution in [2.24, 2.45) is 4.99 Å². The van der Waals surface area contributed by atoms with Crippen LogP contribution >= 0.6 is 0 Å². The molecule has 0 amide bonds. The van der Waals surface area contributed by atoms with Gasteiger partial charge in [-0.3, -0.25) is 4.99 Å². The van der Waals surface area contributed by atoms with Gasteiger partial charge in [-0.2, -0.15) is 0 Å². The largest absolute Gasteiger partial charge is 0.356 e. The van der Waals surface area contributed by atoms with E-state index in [1.165, 1.54) is 5.56 Å². The van der Waals surface area contributed by atoms with Gasteiger partial charge in [0.25, 0.3) is 0 Å². The Hall–Kier alpha value is -1.51. The van der Waals surface area contributed by atoms with Crippen LogP contribution in [0.2, 0.25) is 0 Å². The van der Waals surface area contributed by atoms with Crippen molar-refractivity contribution in [2.75, 3.05) is 19.6 Å². The summed E-state index contributed by atoms with van der Waals surface area (Å²) in [7, 11) is 0. The molecule has 0 aromatic heterocycles. The van der Waals surface area contributed by atoms with Gasteiger partial charge in [-0.25, -0.2) is 0 Å². The molecule has 1 heterocycles. The summed E-state index contributed by atoms with van der Waals surface area (Å²) in [5.74, 6) is 0.966. The minimum Gasteiger partial charge on any atom is -0.356 e. The zero-order valence-corrected chi connectivity index (χ0v) is 12.1. The smallest absolute Gasteiger partial charge is 0.191 e. The first kappa shape index (κ1) is 13.9. The number of rotatable bonds is 5. The number of nitrogens with zero attached hydrogens (tertiary/aromatic N) is 1. The van der Waals surface area contributed by atoms with E-state index in [4.69, 9.17) is 0 Å². The number of benzene rings is 1. The Bertz CT molecular complexity index is 407. The molecule has 2 N–H and O–H groups in total. The van der Waals surface area contributed by atoms with E-state index in [-0.39, 0.29) is 5.41 Å². The van der Waals surface area contributed by atoms with Crippen LogP contribution in [0.1, 0.15) is 38.7 Å². The minimum absolute atomic E-state index is 0.197. The second-order valence-electron chi connectivity index (χ2n) is 5.22. The highest BCUT2D eigenvalue weighted by Crippen LogP contribution is 2.30. The van der Waals surface area contributed by atoms with Crippen LogP contribution in [0, 0.1) is 0 Å². The number of hydrogen-bond donors (Lipinski definition) is 2. The third-order valence-corrected chi connectivity index (χ3v) is 4.23. The second-order valence-corrected chi connectivity index (χ2v) is 5.22. The molecule has 19 heavy (non-hydrogen) atoms. The van der Waals surface area contributed by atoms with Crippen molar-refractivity contribution in [3.8, 4) is 0 Å². The zero-order chi connectivity index (χ0) is 13.6. The third-order valence-electron chi connectivity index (χ3n) is 4.23. The molecule has 0 atom stereocenters. The van der Waals surface area contributed by atoms with E-state index in [1.54, 1.807) is 0 Å². The molecule has 1 aromatic carbocycles. The summed E-state index contributed by atoms with van der Waals surface area (Å²) in [6, 6.07) is 10.8. The summed E-state index contributed by atoms with van der Waals surface area (Å²) in [4.78, 5) is 4.49. The number of hydrogen-bond acceptors (Lipinski definition) is 3. The van der Waals surface area contributed by atoms with Gasteiger partial charge < -0.3 is 10.6 Å². The van der Waals surface area contributed by atoms with Gasteiger partial charge in [-0.1, -0.05) is 44.2 Å². The van der Waals surface area contributed by atoms with Crippen LogP contribution in [0.4, 0.5) is 0 Å². The molecule has 0 unspecified atom stereocenters. The van der Waals surface area contributed by atoms with Gasteiger partial charge in [0.1, 0.15) is 0 Å². The van der Waals surface area contributed by atoms with Crippen LogP contribution < -0.4 is 10.6 Å². The predicted octanol–water partition coefficient (Wildman–Crippen LogP) is 2.68. The van der Waals surface area contributed by atoms with Crippen LogP contribution in [0.5, 0.6) is 0 Å². The van der Waals surface area contributed by atoms with Crippen LogP contribution in [0.3, 0.4) is 0 Å². The fourth-order valence-corrected chi connectivity index (χ4v) is 2.71. The molecule has 0 saturated carbocycles. The Morgan fingerprint density at radius 3 is 2.53 bits per heavy atom. The summed E-state index contributed by atoms with van der Waals surface area (Å²) in [5.41, 5.74) is 1.62. The first-order chi connectivity index (χ1) is 9.30. The average molecular weight is 259 g/mol. The summed E-state index contributed by atoms with van der Waals surface area (Å²) in [6.07, 6.45) is 3.40. The van der Waals surface area contributed by atoms with Gasteiger partial charge in [0, 0.05) is 25.0 Å². The van der Waals surface area contributed by atoms with Crippen molar-refractivity contribution >= 4 is 5.96 Å². The van der Waals surface area contributed by atoms with E-state index >= 15 is 0 Å². The summed E-state index contributed by atoms with van der Waals surface area (Å²) in [6.45, 7) is 7.45. The Kier molecular flexibility index (Phi) is 4.83. The Morgan fingerprint density at radius 2 is 1.95 bits per heavy atom. The monoisotopic (exact) mass is 259 g/mol. The van der Waals surface area contributed by atoms with Gasteiger partial charge in [-0.05, 0) is 24.8 Å². The summed E-state index contributed by atoms with van der Waals surface area (Å²) >= 11 is 0. The molecule has 0 bridgehead atoms. The van der Waals surface area contributed by atoms with Crippen LogP contribution in [-0.4, -0.2) is 25.6 Å². The van der Waals surface area contributed by atoms with Crippen LogP contribution in [0.15, 0.2) is 35.3 Å². The number of guanidine groups is 1. The van der Waals surface area contributed by atoms with E-state index in [2.05, 4.69) is 59.8 Å². The van der Waals surface area contributed by atoms with Crippen LogP contribution in [0.25, 0.3) is 0 Å². The lowest BCUT2D eigenvalue weighted by atomic mass is 9.76. The summed E-state index contributed by atoms with van der Waals surface area (Å²) < 4.78 is 0. The fraction of sp³-hybridized carbons (Fsp3) is 0.562. The highest BCUT2D eigenvalue weighted by atomic mass is 15.2. The lowest BCUT2D eigenvalue weighted by Crippen LogP contribution is -2.47. The van der Waals surface area contributed by atoms with Gasteiger partial charge in [0.05, 0.1) is 0 Å². The Morgan fingerprint density at radius 1 is 1.21 bits per heavy atom. The maximum Gasteiger partial charge on any atom is 0.191 e. The quantitative estimate of drug-likeness (QED) is 0.853. The molecule has 3 nitrogen and oxygen atoms in total. The predicted molar refractivity (Wildman–Crippen MR) is 81.6 cm³/mol.